The standard InChI is InChI=1S/C22H18N4O/c1-25-13-18-9-8-17(11-20(18)24-25)16-6-4-15(5-7-16)12-26-14-21-19(22(26)27)3-2-10-23-21/h2-11,13H,12,14H2,1H3/i14D2. The maximum atomic E-state index is 12.7. The minimum Gasteiger partial charge on any atom is -0.328 e. The van der Waals surface area contributed by atoms with Crippen LogP contribution in [0.25, 0.3) is 22.0 Å². The van der Waals surface area contributed by atoms with Crippen LogP contribution < -0.4 is 0 Å². The lowest BCUT2D eigenvalue weighted by Gasteiger charge is -2.15. The van der Waals surface area contributed by atoms with E-state index in [2.05, 4.69) is 22.2 Å². The molecule has 0 saturated carbocycles. The van der Waals surface area contributed by atoms with Crippen LogP contribution in [-0.4, -0.2) is 25.6 Å². The minimum atomic E-state index is -1.92. The number of hydrogen-bond acceptors (Lipinski definition) is 3. The average Bonchev–Trinajstić information content (AvgIpc) is 3.18. The number of carbonyl (C=O) groups excluding carboxylic acids is 1. The van der Waals surface area contributed by atoms with E-state index in [1.165, 1.54) is 11.1 Å². The molecule has 0 aliphatic carbocycles. The molecule has 2 aromatic carbocycles. The zero-order valence-electron chi connectivity index (χ0n) is 16.8. The predicted molar refractivity (Wildman–Crippen MR) is 104 cm³/mol. The van der Waals surface area contributed by atoms with Crippen molar-refractivity contribution in [3.8, 4) is 11.1 Å². The molecule has 2 aromatic heterocycles. The Balaban J connectivity index is 1.41. The van der Waals surface area contributed by atoms with Crippen molar-refractivity contribution < 1.29 is 7.54 Å². The third kappa shape index (κ3) is 2.77. The first-order chi connectivity index (χ1) is 13.9. The van der Waals surface area contributed by atoms with Gasteiger partial charge in [0.1, 0.15) is 0 Å². The van der Waals surface area contributed by atoms with Crippen LogP contribution in [0, 0.1) is 0 Å². The zero-order valence-corrected chi connectivity index (χ0v) is 14.8. The summed E-state index contributed by atoms with van der Waals surface area (Å²) in [5.41, 5.74) is 4.42. The normalized spacial score (nSPS) is 16.3. The van der Waals surface area contributed by atoms with Gasteiger partial charge in [0.15, 0.2) is 0 Å². The predicted octanol–water partition coefficient (Wildman–Crippen LogP) is 3.79. The van der Waals surface area contributed by atoms with Gasteiger partial charge in [-0.05, 0) is 34.9 Å². The summed E-state index contributed by atoms with van der Waals surface area (Å²) in [4.78, 5) is 18.0. The van der Waals surface area contributed by atoms with E-state index in [0.29, 0.717) is 5.56 Å². The Hall–Kier alpha value is -3.47. The van der Waals surface area contributed by atoms with E-state index in [1.54, 1.807) is 16.8 Å². The van der Waals surface area contributed by atoms with Gasteiger partial charge in [0.05, 0.1) is 26.0 Å². The van der Waals surface area contributed by atoms with Gasteiger partial charge in [0.2, 0.25) is 0 Å². The van der Waals surface area contributed by atoms with E-state index in [9.17, 15) is 4.79 Å². The van der Waals surface area contributed by atoms with Crippen LogP contribution in [-0.2, 0) is 20.1 Å². The summed E-state index contributed by atoms with van der Waals surface area (Å²) in [6.45, 7) is -1.74. The lowest BCUT2D eigenvalue weighted by molar-refractivity contribution is 0.0766. The van der Waals surface area contributed by atoms with Crippen LogP contribution in [0.5, 0.6) is 0 Å². The molecule has 5 rings (SSSR count). The Labute approximate surface area is 159 Å². The number of nitrogens with zero attached hydrogens (tertiary/aromatic N) is 4. The van der Waals surface area contributed by atoms with E-state index in [1.807, 2.05) is 43.6 Å². The number of fused-ring (bicyclic) bond motifs is 2. The van der Waals surface area contributed by atoms with Crippen molar-refractivity contribution in [3.63, 3.8) is 0 Å². The molecule has 0 N–H and O–H groups in total. The van der Waals surface area contributed by atoms with Crippen molar-refractivity contribution in [1.29, 1.82) is 0 Å². The second-order valence-electron chi connectivity index (χ2n) is 6.68. The monoisotopic (exact) mass is 356 g/mol. The summed E-state index contributed by atoms with van der Waals surface area (Å²) in [5.74, 6) is -0.331. The number of aryl methyl sites for hydroxylation is 1. The second kappa shape index (κ2) is 6.06. The molecule has 0 bridgehead atoms. The van der Waals surface area contributed by atoms with Crippen LogP contribution in [0.4, 0.5) is 0 Å². The first-order valence-electron chi connectivity index (χ1n) is 9.74. The fourth-order valence-electron chi connectivity index (χ4n) is 3.41. The number of pyridine rings is 1. The van der Waals surface area contributed by atoms with Gasteiger partial charge in [0.25, 0.3) is 5.91 Å². The molecule has 3 heterocycles. The molecule has 5 nitrogen and oxygen atoms in total. The van der Waals surface area contributed by atoms with Crippen LogP contribution in [0.3, 0.4) is 0 Å². The van der Waals surface area contributed by atoms with Gasteiger partial charge >= 0.3 is 0 Å². The summed E-state index contributed by atoms with van der Waals surface area (Å²) in [5, 5.41) is 5.55. The molecular formula is C22H18N4O. The number of carbonyl (C=O) groups is 1. The lowest BCUT2D eigenvalue weighted by atomic mass is 10.0. The van der Waals surface area contributed by atoms with Crippen LogP contribution in [0.1, 0.15) is 24.4 Å². The summed E-state index contributed by atoms with van der Waals surface area (Å²) in [6, 6.07) is 17.3. The summed E-state index contributed by atoms with van der Waals surface area (Å²) in [7, 11) is 1.90. The van der Waals surface area contributed by atoms with Crippen molar-refractivity contribution in [2.45, 2.75) is 13.0 Å². The molecule has 4 aromatic rings. The maximum absolute atomic E-state index is 12.7. The van der Waals surface area contributed by atoms with Crippen molar-refractivity contribution in [2.75, 3.05) is 0 Å². The SMILES string of the molecule is [2H]C1([2H])c2ncccc2C(=O)N1Cc1ccc(-c2ccc3cn(C)nc3c2)cc1. The highest BCUT2D eigenvalue weighted by Crippen LogP contribution is 2.26. The molecule has 0 radical (unpaired) electrons. The quantitative estimate of drug-likeness (QED) is 0.561. The molecule has 0 unspecified atom stereocenters. The van der Waals surface area contributed by atoms with E-state index in [0.717, 1.165) is 27.6 Å². The molecule has 0 saturated heterocycles. The van der Waals surface area contributed by atoms with Gasteiger partial charge in [-0.3, -0.25) is 14.5 Å². The van der Waals surface area contributed by atoms with Gasteiger partial charge in [0, 0.05) is 31.4 Å². The highest BCUT2D eigenvalue weighted by molar-refractivity contribution is 5.97. The molecule has 0 spiro atoms. The van der Waals surface area contributed by atoms with Crippen LogP contribution in [0.2, 0.25) is 0 Å². The molecule has 1 aliphatic heterocycles. The number of benzene rings is 2. The van der Waals surface area contributed by atoms with Crippen molar-refractivity contribution >= 4 is 16.8 Å². The highest BCUT2D eigenvalue weighted by atomic mass is 16.2. The fraction of sp³-hybridized carbons (Fsp3) is 0.136. The van der Waals surface area contributed by atoms with Crippen LogP contribution >= 0.6 is 0 Å². The Morgan fingerprint density at radius 3 is 2.74 bits per heavy atom. The number of rotatable bonds is 3. The van der Waals surface area contributed by atoms with Crippen molar-refractivity contribution in [2.24, 2.45) is 7.05 Å². The Morgan fingerprint density at radius 1 is 1.11 bits per heavy atom. The summed E-state index contributed by atoms with van der Waals surface area (Å²) in [6.07, 6.45) is 3.50. The van der Waals surface area contributed by atoms with E-state index in [4.69, 9.17) is 2.74 Å². The molecule has 0 atom stereocenters. The fourth-order valence-corrected chi connectivity index (χ4v) is 3.41. The van der Waals surface area contributed by atoms with Crippen molar-refractivity contribution in [1.82, 2.24) is 19.7 Å². The molecule has 1 amide bonds. The summed E-state index contributed by atoms with van der Waals surface area (Å²) >= 11 is 0. The number of hydrogen-bond donors (Lipinski definition) is 0. The Morgan fingerprint density at radius 2 is 1.93 bits per heavy atom. The topological polar surface area (TPSA) is 51.0 Å². The second-order valence-corrected chi connectivity index (χ2v) is 6.68. The molecule has 0 fully saturated rings. The van der Waals surface area contributed by atoms with Gasteiger partial charge in [-0.1, -0.05) is 36.4 Å². The van der Waals surface area contributed by atoms with Crippen LogP contribution in [0.15, 0.2) is 67.0 Å². The maximum Gasteiger partial charge on any atom is 0.256 e. The highest BCUT2D eigenvalue weighted by Gasteiger charge is 2.27. The zero-order chi connectivity index (χ0) is 20.2. The summed E-state index contributed by atoms with van der Waals surface area (Å²) < 4.78 is 18.5. The molecule has 5 heteroatoms. The third-order valence-corrected chi connectivity index (χ3v) is 4.77. The van der Waals surface area contributed by atoms with Gasteiger partial charge in [-0.15, -0.1) is 0 Å². The Kier molecular flexibility index (Phi) is 3.07. The Bertz CT molecular complexity index is 1250. The molecule has 27 heavy (non-hydrogen) atoms. The van der Waals surface area contributed by atoms with E-state index in [-0.39, 0.29) is 18.1 Å². The van der Waals surface area contributed by atoms with Gasteiger partial charge < -0.3 is 4.90 Å². The minimum absolute atomic E-state index is 0.182. The number of aromatic nitrogens is 3. The van der Waals surface area contributed by atoms with Gasteiger partial charge in [-0.25, -0.2) is 0 Å². The number of amides is 1. The smallest absolute Gasteiger partial charge is 0.256 e. The first-order valence-corrected chi connectivity index (χ1v) is 8.74. The van der Waals surface area contributed by atoms with Gasteiger partial charge in [-0.2, -0.15) is 5.10 Å². The molecular weight excluding hydrogens is 336 g/mol. The molecule has 132 valence electrons. The lowest BCUT2D eigenvalue weighted by Crippen LogP contribution is -2.23. The first kappa shape index (κ1) is 13.7. The average molecular weight is 356 g/mol. The van der Waals surface area contributed by atoms with E-state index >= 15 is 0 Å². The third-order valence-electron chi connectivity index (χ3n) is 4.77. The van der Waals surface area contributed by atoms with E-state index < -0.39 is 6.50 Å². The van der Waals surface area contributed by atoms with Crippen molar-refractivity contribution in [3.05, 3.63) is 83.8 Å². The largest absolute Gasteiger partial charge is 0.328 e. The molecule has 1 aliphatic rings.